The Hall–Kier alpha value is -2.07. The highest BCUT2D eigenvalue weighted by Gasteiger charge is 2.07. The summed E-state index contributed by atoms with van der Waals surface area (Å²) in [6.45, 7) is 0.522. The monoisotopic (exact) mass is 291 g/mol. The Labute approximate surface area is 122 Å². The molecule has 0 radical (unpaired) electrons. The summed E-state index contributed by atoms with van der Waals surface area (Å²) in [4.78, 5) is 14.7. The van der Waals surface area contributed by atoms with E-state index in [-0.39, 0.29) is 5.56 Å². The standard InChI is InChI=1S/C15H14ClNO3/c16-13-10-12(15(18)19)3-4-14(13)20-9-1-2-11-5-7-17-8-6-11/h3-8,10H,1-2,9H2,(H,18,19). The summed E-state index contributed by atoms with van der Waals surface area (Å²) in [6, 6.07) is 8.38. The lowest BCUT2D eigenvalue weighted by molar-refractivity contribution is 0.0697. The summed E-state index contributed by atoms with van der Waals surface area (Å²) in [5.74, 6) is -0.498. The largest absolute Gasteiger partial charge is 0.492 e. The lowest BCUT2D eigenvalue weighted by Gasteiger charge is -2.08. The molecule has 0 amide bonds. The van der Waals surface area contributed by atoms with Crippen LogP contribution in [0.15, 0.2) is 42.7 Å². The minimum atomic E-state index is -1.00. The molecule has 0 bridgehead atoms. The van der Waals surface area contributed by atoms with Gasteiger partial charge in [0.2, 0.25) is 0 Å². The molecule has 1 aromatic carbocycles. The van der Waals surface area contributed by atoms with Crippen LogP contribution >= 0.6 is 11.6 Å². The third kappa shape index (κ3) is 3.96. The van der Waals surface area contributed by atoms with Crippen molar-refractivity contribution in [3.63, 3.8) is 0 Å². The molecule has 1 N–H and O–H groups in total. The summed E-state index contributed by atoms with van der Waals surface area (Å²) in [5, 5.41) is 9.15. The molecule has 0 atom stereocenters. The summed E-state index contributed by atoms with van der Waals surface area (Å²) < 4.78 is 5.55. The summed E-state index contributed by atoms with van der Waals surface area (Å²) >= 11 is 5.97. The molecule has 20 heavy (non-hydrogen) atoms. The molecular weight excluding hydrogens is 278 g/mol. The van der Waals surface area contributed by atoms with Gasteiger partial charge in [0.05, 0.1) is 17.2 Å². The number of hydrogen-bond acceptors (Lipinski definition) is 3. The van der Waals surface area contributed by atoms with Crippen LogP contribution in [0, 0.1) is 0 Å². The van der Waals surface area contributed by atoms with Crippen molar-refractivity contribution in [3.05, 3.63) is 58.9 Å². The molecule has 0 aliphatic heterocycles. The van der Waals surface area contributed by atoms with E-state index >= 15 is 0 Å². The lowest BCUT2D eigenvalue weighted by atomic mass is 10.1. The average Bonchev–Trinajstić information content (AvgIpc) is 2.46. The first kappa shape index (κ1) is 14.3. The van der Waals surface area contributed by atoms with E-state index in [1.807, 2.05) is 12.1 Å². The minimum absolute atomic E-state index is 0.152. The molecule has 0 unspecified atom stereocenters. The molecule has 2 aromatic rings. The van der Waals surface area contributed by atoms with Crippen LogP contribution in [0.2, 0.25) is 5.02 Å². The van der Waals surface area contributed by atoms with E-state index < -0.39 is 5.97 Å². The highest BCUT2D eigenvalue weighted by molar-refractivity contribution is 6.32. The van der Waals surface area contributed by atoms with Crippen LogP contribution in [0.1, 0.15) is 22.3 Å². The first-order chi connectivity index (χ1) is 9.66. The van der Waals surface area contributed by atoms with Gasteiger partial charge in [-0.2, -0.15) is 0 Å². The van der Waals surface area contributed by atoms with Crippen LogP contribution in [0.5, 0.6) is 5.75 Å². The number of hydrogen-bond donors (Lipinski definition) is 1. The second kappa shape index (κ2) is 6.91. The Bertz CT molecular complexity index is 587. The van der Waals surface area contributed by atoms with Crippen LogP contribution in [0.3, 0.4) is 0 Å². The van der Waals surface area contributed by atoms with Gasteiger partial charge in [-0.1, -0.05) is 11.6 Å². The van der Waals surface area contributed by atoms with Crippen LogP contribution < -0.4 is 4.74 Å². The highest BCUT2D eigenvalue weighted by atomic mass is 35.5. The van der Waals surface area contributed by atoms with Crippen molar-refractivity contribution in [2.45, 2.75) is 12.8 Å². The summed E-state index contributed by atoms with van der Waals surface area (Å²) in [7, 11) is 0. The normalized spacial score (nSPS) is 10.2. The zero-order valence-corrected chi connectivity index (χ0v) is 11.5. The van der Waals surface area contributed by atoms with Crippen molar-refractivity contribution < 1.29 is 14.6 Å². The number of aryl methyl sites for hydroxylation is 1. The van der Waals surface area contributed by atoms with Gasteiger partial charge in [0.15, 0.2) is 0 Å². The fourth-order valence-corrected chi connectivity index (χ4v) is 1.99. The van der Waals surface area contributed by atoms with E-state index in [0.717, 1.165) is 12.8 Å². The van der Waals surface area contributed by atoms with Gasteiger partial charge in [-0.3, -0.25) is 4.98 Å². The Morgan fingerprint density at radius 3 is 2.65 bits per heavy atom. The van der Waals surface area contributed by atoms with E-state index in [2.05, 4.69) is 4.98 Å². The second-order valence-electron chi connectivity index (χ2n) is 4.26. The zero-order chi connectivity index (χ0) is 14.4. The van der Waals surface area contributed by atoms with Gasteiger partial charge in [-0.15, -0.1) is 0 Å². The van der Waals surface area contributed by atoms with E-state index in [9.17, 15) is 4.79 Å². The van der Waals surface area contributed by atoms with Crippen molar-refractivity contribution in [2.24, 2.45) is 0 Å². The van der Waals surface area contributed by atoms with Crippen LogP contribution in [-0.2, 0) is 6.42 Å². The third-order valence-electron chi connectivity index (χ3n) is 2.80. The predicted molar refractivity (Wildman–Crippen MR) is 76.5 cm³/mol. The van der Waals surface area contributed by atoms with Gasteiger partial charge < -0.3 is 9.84 Å². The molecule has 0 spiro atoms. The first-order valence-electron chi connectivity index (χ1n) is 6.21. The number of rotatable bonds is 6. The van der Waals surface area contributed by atoms with Gasteiger partial charge in [0, 0.05) is 12.4 Å². The van der Waals surface area contributed by atoms with E-state index in [1.54, 1.807) is 18.5 Å². The van der Waals surface area contributed by atoms with Gasteiger partial charge in [0.25, 0.3) is 0 Å². The fourth-order valence-electron chi connectivity index (χ4n) is 1.76. The van der Waals surface area contributed by atoms with Crippen LogP contribution in [-0.4, -0.2) is 22.7 Å². The molecule has 1 aromatic heterocycles. The van der Waals surface area contributed by atoms with Crippen LogP contribution in [0.4, 0.5) is 0 Å². The molecule has 0 fully saturated rings. The molecule has 0 aliphatic rings. The maximum atomic E-state index is 10.8. The second-order valence-corrected chi connectivity index (χ2v) is 4.67. The molecule has 0 saturated carbocycles. The molecule has 1 heterocycles. The Kier molecular flexibility index (Phi) is 4.96. The minimum Gasteiger partial charge on any atom is -0.492 e. The molecule has 2 rings (SSSR count). The molecule has 0 saturated heterocycles. The molecular formula is C15H14ClNO3. The highest BCUT2D eigenvalue weighted by Crippen LogP contribution is 2.25. The van der Waals surface area contributed by atoms with Crippen molar-refractivity contribution in [2.75, 3.05) is 6.61 Å². The number of benzene rings is 1. The SMILES string of the molecule is O=C(O)c1ccc(OCCCc2ccncc2)c(Cl)c1. The number of aromatic carboxylic acids is 1. The number of halogens is 1. The third-order valence-corrected chi connectivity index (χ3v) is 3.09. The number of carboxylic acid groups (broad SMARTS) is 1. The number of pyridine rings is 1. The Morgan fingerprint density at radius 2 is 2.00 bits per heavy atom. The van der Waals surface area contributed by atoms with Crippen molar-refractivity contribution >= 4 is 17.6 Å². The van der Waals surface area contributed by atoms with Gasteiger partial charge in [-0.25, -0.2) is 4.79 Å². The van der Waals surface area contributed by atoms with Crippen molar-refractivity contribution in [3.8, 4) is 5.75 Å². The topological polar surface area (TPSA) is 59.4 Å². The fraction of sp³-hybridized carbons (Fsp3) is 0.200. The van der Waals surface area contributed by atoms with E-state index in [0.29, 0.717) is 17.4 Å². The summed E-state index contributed by atoms with van der Waals surface area (Å²) in [5.41, 5.74) is 1.36. The maximum Gasteiger partial charge on any atom is 0.335 e. The van der Waals surface area contributed by atoms with Gasteiger partial charge >= 0.3 is 5.97 Å². The lowest BCUT2D eigenvalue weighted by Crippen LogP contribution is -2.01. The number of aromatic nitrogens is 1. The number of carbonyl (C=O) groups is 1. The molecule has 5 heteroatoms. The number of carboxylic acids is 1. The molecule has 0 aliphatic carbocycles. The summed E-state index contributed by atoms with van der Waals surface area (Å²) in [6.07, 6.45) is 5.27. The quantitative estimate of drug-likeness (QED) is 0.828. The van der Waals surface area contributed by atoms with E-state index in [4.69, 9.17) is 21.4 Å². The number of ether oxygens (including phenoxy) is 1. The molecule has 104 valence electrons. The Balaban J connectivity index is 1.84. The first-order valence-corrected chi connectivity index (χ1v) is 6.59. The van der Waals surface area contributed by atoms with Crippen LogP contribution in [0.25, 0.3) is 0 Å². The number of nitrogens with zero attached hydrogens (tertiary/aromatic N) is 1. The average molecular weight is 292 g/mol. The van der Waals surface area contributed by atoms with Gasteiger partial charge in [0.1, 0.15) is 5.75 Å². The Morgan fingerprint density at radius 1 is 1.25 bits per heavy atom. The smallest absolute Gasteiger partial charge is 0.335 e. The predicted octanol–water partition coefficient (Wildman–Crippen LogP) is 3.44. The van der Waals surface area contributed by atoms with Gasteiger partial charge in [-0.05, 0) is 48.7 Å². The molecule has 4 nitrogen and oxygen atoms in total. The van der Waals surface area contributed by atoms with Crippen molar-refractivity contribution in [1.29, 1.82) is 0 Å². The maximum absolute atomic E-state index is 10.8. The van der Waals surface area contributed by atoms with E-state index in [1.165, 1.54) is 17.7 Å². The van der Waals surface area contributed by atoms with Crippen molar-refractivity contribution in [1.82, 2.24) is 4.98 Å². The zero-order valence-electron chi connectivity index (χ0n) is 10.8.